The molecule has 122 valence electrons. The highest BCUT2D eigenvalue weighted by atomic mass is 32.1. The molecular formula is C24H14S2. The van der Waals surface area contributed by atoms with Crippen molar-refractivity contribution in [2.24, 2.45) is 0 Å². The molecule has 0 bridgehead atoms. The molecule has 0 aliphatic heterocycles. The highest BCUT2D eigenvalue weighted by Gasteiger charge is 2.15. The Balaban J connectivity index is 1.90. The second-order valence-electron chi connectivity index (χ2n) is 6.16. The predicted octanol–water partition coefficient (Wildman–Crippen LogP) is 7.43. The van der Waals surface area contributed by atoms with E-state index >= 15 is 0 Å². The van der Waals surface area contributed by atoms with Gasteiger partial charge in [0.1, 0.15) is 0 Å². The summed E-state index contributed by atoms with van der Waals surface area (Å²) in [6.45, 7) is 0. The summed E-state index contributed by atoms with van der Waals surface area (Å²) < 4.78 is 0. The van der Waals surface area contributed by atoms with Crippen molar-refractivity contribution in [2.75, 3.05) is 0 Å². The third-order valence-electron chi connectivity index (χ3n) is 4.73. The fourth-order valence-corrected chi connectivity index (χ4v) is 5.41. The van der Waals surface area contributed by atoms with Crippen LogP contribution in [0, 0.1) is 12.3 Å². The molecule has 5 rings (SSSR count). The average molecular weight is 367 g/mol. The van der Waals surface area contributed by atoms with E-state index < -0.39 is 0 Å². The average Bonchev–Trinajstić information content (AvgIpc) is 3.36. The van der Waals surface area contributed by atoms with Crippen molar-refractivity contribution in [1.82, 2.24) is 0 Å². The first-order chi connectivity index (χ1) is 12.9. The number of hydrogen-bond acceptors (Lipinski definition) is 2. The lowest BCUT2D eigenvalue weighted by Gasteiger charge is -2.12. The summed E-state index contributed by atoms with van der Waals surface area (Å²) in [7, 11) is 0. The number of benzene rings is 3. The van der Waals surface area contributed by atoms with Gasteiger partial charge in [0.25, 0.3) is 0 Å². The molecule has 0 fully saturated rings. The van der Waals surface area contributed by atoms with Gasteiger partial charge in [-0.05, 0) is 50.7 Å². The van der Waals surface area contributed by atoms with Gasteiger partial charge in [-0.3, -0.25) is 0 Å². The summed E-state index contributed by atoms with van der Waals surface area (Å²) in [6.07, 6.45) is 5.99. The summed E-state index contributed by atoms with van der Waals surface area (Å²) in [6, 6.07) is 23.6. The van der Waals surface area contributed by atoms with Gasteiger partial charge >= 0.3 is 0 Å². The van der Waals surface area contributed by atoms with Crippen LogP contribution in [-0.4, -0.2) is 0 Å². The van der Waals surface area contributed by atoms with Crippen LogP contribution in [-0.2, 0) is 0 Å². The van der Waals surface area contributed by atoms with Crippen LogP contribution in [0.15, 0.2) is 77.5 Å². The van der Waals surface area contributed by atoms with E-state index in [1.807, 2.05) is 0 Å². The molecule has 2 aromatic heterocycles. The van der Waals surface area contributed by atoms with Gasteiger partial charge in [0.15, 0.2) is 0 Å². The van der Waals surface area contributed by atoms with Crippen LogP contribution in [0.4, 0.5) is 0 Å². The number of hydrogen-bond donors (Lipinski definition) is 0. The minimum absolute atomic E-state index is 0.983. The maximum atomic E-state index is 5.99. The molecule has 0 unspecified atom stereocenters. The van der Waals surface area contributed by atoms with E-state index in [4.69, 9.17) is 6.42 Å². The SMILES string of the molecule is C#Cc1c2ccccc2cc2cccc(-c3ccsc3-c3cccs3)c12. The van der Waals surface area contributed by atoms with Crippen molar-refractivity contribution in [1.29, 1.82) is 0 Å². The largest absolute Gasteiger partial charge is 0.143 e. The molecule has 26 heavy (non-hydrogen) atoms. The molecule has 0 nitrogen and oxygen atoms in total. The predicted molar refractivity (Wildman–Crippen MR) is 116 cm³/mol. The highest BCUT2D eigenvalue weighted by molar-refractivity contribution is 7.20. The monoisotopic (exact) mass is 366 g/mol. The third kappa shape index (κ3) is 2.29. The summed E-state index contributed by atoms with van der Waals surface area (Å²) in [5.41, 5.74) is 3.46. The smallest absolute Gasteiger partial charge is 0.0521 e. The number of rotatable bonds is 2. The van der Waals surface area contributed by atoms with Crippen LogP contribution in [0.5, 0.6) is 0 Å². The van der Waals surface area contributed by atoms with Gasteiger partial charge in [-0.15, -0.1) is 29.1 Å². The van der Waals surface area contributed by atoms with E-state index in [9.17, 15) is 0 Å². The fourth-order valence-electron chi connectivity index (χ4n) is 3.62. The zero-order valence-corrected chi connectivity index (χ0v) is 15.5. The van der Waals surface area contributed by atoms with Crippen LogP contribution >= 0.6 is 22.7 Å². The van der Waals surface area contributed by atoms with Gasteiger partial charge in [-0.25, -0.2) is 0 Å². The highest BCUT2D eigenvalue weighted by Crippen LogP contribution is 2.43. The van der Waals surface area contributed by atoms with Gasteiger partial charge in [0.05, 0.1) is 4.88 Å². The van der Waals surface area contributed by atoms with E-state index in [1.165, 1.54) is 37.0 Å². The molecule has 0 amide bonds. The van der Waals surface area contributed by atoms with Gasteiger partial charge < -0.3 is 0 Å². The Morgan fingerprint density at radius 3 is 2.46 bits per heavy atom. The zero-order valence-electron chi connectivity index (χ0n) is 13.9. The van der Waals surface area contributed by atoms with Crippen LogP contribution in [0.2, 0.25) is 0 Å². The first kappa shape index (κ1) is 15.4. The fraction of sp³-hybridized carbons (Fsp3) is 0. The standard InChI is InChI=1S/C24H14S2/c1-2-18-19-9-4-3-7-16(19)15-17-8-5-10-20(23(17)18)21-12-14-26-24(21)22-11-6-13-25-22/h1,3-15H. The molecule has 0 saturated heterocycles. The lowest BCUT2D eigenvalue weighted by molar-refractivity contribution is 1.71. The molecule has 0 atom stereocenters. The van der Waals surface area contributed by atoms with Crippen molar-refractivity contribution < 1.29 is 0 Å². The Labute approximate surface area is 160 Å². The van der Waals surface area contributed by atoms with Crippen molar-refractivity contribution in [3.63, 3.8) is 0 Å². The lowest BCUT2D eigenvalue weighted by Crippen LogP contribution is -1.88. The van der Waals surface area contributed by atoms with Gasteiger partial charge in [0.2, 0.25) is 0 Å². The van der Waals surface area contributed by atoms with E-state index in [0.717, 1.165) is 10.9 Å². The second-order valence-corrected chi connectivity index (χ2v) is 8.03. The summed E-state index contributed by atoms with van der Waals surface area (Å²) in [5, 5.41) is 8.99. The van der Waals surface area contributed by atoms with Gasteiger partial charge in [-0.2, -0.15) is 0 Å². The number of thiophene rings is 2. The van der Waals surface area contributed by atoms with Crippen LogP contribution in [0.25, 0.3) is 42.4 Å². The Hall–Kier alpha value is -2.86. The Morgan fingerprint density at radius 2 is 1.62 bits per heavy atom. The molecule has 5 aromatic rings. The summed E-state index contributed by atoms with van der Waals surface area (Å²) in [5.74, 6) is 2.98. The zero-order chi connectivity index (χ0) is 17.5. The van der Waals surface area contributed by atoms with Crippen molar-refractivity contribution in [2.45, 2.75) is 0 Å². The van der Waals surface area contributed by atoms with Crippen molar-refractivity contribution in [3.05, 3.63) is 83.1 Å². The van der Waals surface area contributed by atoms with E-state index in [-0.39, 0.29) is 0 Å². The Morgan fingerprint density at radius 1 is 0.731 bits per heavy atom. The van der Waals surface area contributed by atoms with Crippen molar-refractivity contribution in [3.8, 4) is 33.2 Å². The van der Waals surface area contributed by atoms with Crippen molar-refractivity contribution >= 4 is 44.2 Å². The van der Waals surface area contributed by atoms with Crippen LogP contribution < -0.4 is 0 Å². The normalized spacial score (nSPS) is 11.0. The van der Waals surface area contributed by atoms with Gasteiger partial charge in [-0.1, -0.05) is 54.5 Å². The molecule has 3 aromatic carbocycles. The number of terminal acetylenes is 1. The second kappa shape index (κ2) is 6.14. The topological polar surface area (TPSA) is 0 Å². The minimum atomic E-state index is 0.983. The third-order valence-corrected chi connectivity index (χ3v) is 6.70. The van der Waals surface area contributed by atoms with E-state index in [2.05, 4.69) is 83.4 Å². The summed E-state index contributed by atoms with van der Waals surface area (Å²) >= 11 is 3.56. The quantitative estimate of drug-likeness (QED) is 0.225. The molecule has 0 spiro atoms. The molecule has 0 aliphatic rings. The molecule has 2 heteroatoms. The lowest BCUT2D eigenvalue weighted by atomic mass is 9.91. The maximum Gasteiger partial charge on any atom is 0.0521 e. The molecule has 0 N–H and O–H groups in total. The van der Waals surface area contributed by atoms with Crippen LogP contribution in [0.3, 0.4) is 0 Å². The first-order valence-corrected chi connectivity index (χ1v) is 10.2. The first-order valence-electron chi connectivity index (χ1n) is 8.39. The van der Waals surface area contributed by atoms with Gasteiger partial charge in [0, 0.05) is 21.4 Å². The maximum absolute atomic E-state index is 5.99. The molecule has 0 radical (unpaired) electrons. The number of fused-ring (bicyclic) bond motifs is 2. The molecule has 0 aliphatic carbocycles. The Bertz CT molecular complexity index is 1280. The molecular weight excluding hydrogens is 352 g/mol. The van der Waals surface area contributed by atoms with E-state index in [1.54, 1.807) is 22.7 Å². The summed E-state index contributed by atoms with van der Waals surface area (Å²) in [4.78, 5) is 2.61. The molecule has 2 heterocycles. The minimum Gasteiger partial charge on any atom is -0.143 e. The molecule has 0 saturated carbocycles. The Kier molecular flexibility index (Phi) is 3.64. The van der Waals surface area contributed by atoms with Crippen LogP contribution in [0.1, 0.15) is 5.56 Å². The van der Waals surface area contributed by atoms with E-state index in [0.29, 0.717) is 0 Å².